The summed E-state index contributed by atoms with van der Waals surface area (Å²) in [5, 5.41) is 30.8. The molecule has 2 aliphatic carbocycles. The SMILES string of the molecule is O=c1ccc2c(C3CCCCC3)c3ccc(O)c(O)c3oc-2c1O. The summed E-state index contributed by atoms with van der Waals surface area (Å²) in [5.41, 5.74) is 1.23. The summed E-state index contributed by atoms with van der Waals surface area (Å²) in [6.07, 6.45) is 5.46. The summed E-state index contributed by atoms with van der Waals surface area (Å²) in [7, 11) is 0. The second-order valence-corrected chi connectivity index (χ2v) is 6.45. The molecule has 124 valence electrons. The van der Waals surface area contributed by atoms with Gasteiger partial charge in [0.05, 0.1) is 0 Å². The smallest absolute Gasteiger partial charge is 0.224 e. The number of hydrogen-bond acceptors (Lipinski definition) is 5. The van der Waals surface area contributed by atoms with Crippen LogP contribution in [-0.2, 0) is 0 Å². The summed E-state index contributed by atoms with van der Waals surface area (Å²) >= 11 is 0. The van der Waals surface area contributed by atoms with Gasteiger partial charge < -0.3 is 19.7 Å². The molecule has 4 rings (SSSR count). The summed E-state index contributed by atoms with van der Waals surface area (Å²) < 4.78 is 5.64. The van der Waals surface area contributed by atoms with Gasteiger partial charge in [0.2, 0.25) is 16.9 Å². The zero-order chi connectivity index (χ0) is 16.8. The lowest BCUT2D eigenvalue weighted by atomic mass is 9.80. The molecule has 0 spiro atoms. The molecular formula is C19H18O5. The first-order valence-corrected chi connectivity index (χ1v) is 8.21. The largest absolute Gasteiger partial charge is 0.504 e. The van der Waals surface area contributed by atoms with E-state index in [1.165, 1.54) is 18.6 Å². The maximum absolute atomic E-state index is 11.8. The van der Waals surface area contributed by atoms with Crippen molar-refractivity contribution in [3.05, 3.63) is 40.1 Å². The van der Waals surface area contributed by atoms with Crippen molar-refractivity contribution in [1.82, 2.24) is 0 Å². The topological polar surface area (TPSA) is 90.9 Å². The van der Waals surface area contributed by atoms with Gasteiger partial charge in [0, 0.05) is 10.9 Å². The second-order valence-electron chi connectivity index (χ2n) is 6.45. The fraction of sp³-hybridized carbons (Fsp3) is 0.316. The van der Waals surface area contributed by atoms with Crippen molar-refractivity contribution in [3.8, 4) is 28.6 Å². The molecule has 0 atom stereocenters. The molecule has 3 N–H and O–H groups in total. The number of aromatic hydroxyl groups is 3. The molecule has 0 saturated heterocycles. The molecule has 0 amide bonds. The molecule has 3 aliphatic rings. The van der Waals surface area contributed by atoms with Crippen molar-refractivity contribution in [2.45, 2.75) is 38.0 Å². The lowest BCUT2D eigenvalue weighted by molar-refractivity contribution is 0.396. The number of phenolic OH excluding ortho intramolecular Hbond substituents is 3. The van der Waals surface area contributed by atoms with Crippen LogP contribution in [0, 0.1) is 0 Å². The van der Waals surface area contributed by atoms with Gasteiger partial charge in [-0.25, -0.2) is 0 Å². The molecule has 0 radical (unpaired) electrons. The minimum atomic E-state index is -0.528. The molecule has 5 heteroatoms. The first-order valence-electron chi connectivity index (χ1n) is 8.21. The summed E-state index contributed by atoms with van der Waals surface area (Å²) in [4.78, 5) is 11.8. The Balaban J connectivity index is 2.14. The van der Waals surface area contributed by atoms with Gasteiger partial charge in [-0.2, -0.15) is 0 Å². The van der Waals surface area contributed by atoms with Crippen molar-refractivity contribution in [1.29, 1.82) is 0 Å². The van der Waals surface area contributed by atoms with Crippen LogP contribution in [0.4, 0.5) is 0 Å². The van der Waals surface area contributed by atoms with E-state index in [0.717, 1.165) is 31.2 Å². The highest BCUT2D eigenvalue weighted by atomic mass is 16.4. The van der Waals surface area contributed by atoms with Crippen LogP contribution in [0.2, 0.25) is 0 Å². The molecule has 0 bridgehead atoms. The average molecular weight is 326 g/mol. The third kappa shape index (κ3) is 2.12. The molecule has 1 saturated carbocycles. The Morgan fingerprint density at radius 1 is 0.917 bits per heavy atom. The van der Waals surface area contributed by atoms with E-state index in [2.05, 4.69) is 0 Å². The molecule has 1 aromatic rings. The average Bonchev–Trinajstić information content (AvgIpc) is 2.61. The Labute approximate surface area is 138 Å². The maximum atomic E-state index is 11.8. The minimum absolute atomic E-state index is 0.0662. The highest BCUT2D eigenvalue weighted by Crippen LogP contribution is 2.48. The molecule has 0 unspecified atom stereocenters. The molecule has 0 aromatic heterocycles. The van der Waals surface area contributed by atoms with Gasteiger partial charge in [-0.3, -0.25) is 4.79 Å². The van der Waals surface area contributed by atoms with E-state index in [0.29, 0.717) is 10.9 Å². The van der Waals surface area contributed by atoms with Crippen molar-refractivity contribution >= 4 is 11.0 Å². The van der Waals surface area contributed by atoms with Crippen LogP contribution in [0.5, 0.6) is 17.2 Å². The fourth-order valence-corrected chi connectivity index (χ4v) is 3.82. The van der Waals surface area contributed by atoms with Gasteiger partial charge in [0.15, 0.2) is 17.1 Å². The van der Waals surface area contributed by atoms with Crippen LogP contribution in [0.25, 0.3) is 22.3 Å². The quantitative estimate of drug-likeness (QED) is 0.463. The van der Waals surface area contributed by atoms with E-state index < -0.39 is 11.2 Å². The van der Waals surface area contributed by atoms with E-state index in [1.54, 1.807) is 12.1 Å². The second kappa shape index (κ2) is 5.44. The predicted octanol–water partition coefficient (Wildman–Crippen LogP) is 4.06. The van der Waals surface area contributed by atoms with Crippen LogP contribution in [0.3, 0.4) is 0 Å². The van der Waals surface area contributed by atoms with Gasteiger partial charge in [-0.15, -0.1) is 0 Å². The molecule has 24 heavy (non-hydrogen) atoms. The summed E-state index contributed by atoms with van der Waals surface area (Å²) in [6.45, 7) is 0. The number of fused-ring (bicyclic) bond motifs is 2. The van der Waals surface area contributed by atoms with Crippen molar-refractivity contribution in [3.63, 3.8) is 0 Å². The summed E-state index contributed by atoms with van der Waals surface area (Å²) in [5.74, 6) is -0.799. The molecule has 1 fully saturated rings. The lowest BCUT2D eigenvalue weighted by Gasteiger charge is -2.26. The lowest BCUT2D eigenvalue weighted by Crippen LogP contribution is -2.09. The van der Waals surface area contributed by atoms with Gasteiger partial charge in [-0.05, 0) is 48.6 Å². The van der Waals surface area contributed by atoms with Crippen LogP contribution in [0.1, 0.15) is 43.6 Å². The van der Waals surface area contributed by atoms with Gasteiger partial charge in [0.25, 0.3) is 0 Å². The van der Waals surface area contributed by atoms with Gasteiger partial charge >= 0.3 is 0 Å². The Morgan fingerprint density at radius 2 is 1.67 bits per heavy atom. The van der Waals surface area contributed by atoms with Crippen LogP contribution < -0.4 is 5.43 Å². The predicted molar refractivity (Wildman–Crippen MR) is 89.9 cm³/mol. The highest BCUT2D eigenvalue weighted by molar-refractivity contribution is 5.94. The number of rotatable bonds is 1. The van der Waals surface area contributed by atoms with Crippen molar-refractivity contribution in [2.24, 2.45) is 0 Å². The Hall–Kier alpha value is -2.69. The standard InChI is InChI=1S/C19H18O5/c20-13-8-6-11-15(10-4-2-1-3-5-10)12-7-9-14(21)17(23)19(12)24-18(11)16(13)22/h6-10,20,22-23H,1-5H2. The van der Waals surface area contributed by atoms with E-state index in [9.17, 15) is 20.1 Å². The first-order chi connectivity index (χ1) is 11.6. The maximum Gasteiger partial charge on any atom is 0.224 e. The fourth-order valence-electron chi connectivity index (χ4n) is 3.82. The third-order valence-electron chi connectivity index (χ3n) is 5.00. The zero-order valence-electron chi connectivity index (χ0n) is 13.1. The molecule has 5 nitrogen and oxygen atoms in total. The zero-order valence-corrected chi connectivity index (χ0v) is 13.1. The number of phenols is 3. The number of benzene rings is 2. The molecule has 1 aliphatic heterocycles. The van der Waals surface area contributed by atoms with Crippen molar-refractivity contribution in [2.75, 3.05) is 0 Å². The molecule has 1 aromatic carbocycles. The Kier molecular flexibility index (Phi) is 3.37. The van der Waals surface area contributed by atoms with E-state index in [1.807, 2.05) is 0 Å². The van der Waals surface area contributed by atoms with E-state index in [-0.39, 0.29) is 28.8 Å². The van der Waals surface area contributed by atoms with Gasteiger partial charge in [0.1, 0.15) is 0 Å². The van der Waals surface area contributed by atoms with E-state index >= 15 is 0 Å². The Morgan fingerprint density at radius 3 is 2.42 bits per heavy atom. The summed E-state index contributed by atoms with van der Waals surface area (Å²) in [6, 6.07) is 6.17. The monoisotopic (exact) mass is 326 g/mol. The van der Waals surface area contributed by atoms with Crippen molar-refractivity contribution < 1.29 is 19.7 Å². The van der Waals surface area contributed by atoms with Crippen LogP contribution >= 0.6 is 0 Å². The van der Waals surface area contributed by atoms with Crippen LogP contribution in [0.15, 0.2) is 33.5 Å². The minimum Gasteiger partial charge on any atom is -0.504 e. The van der Waals surface area contributed by atoms with Gasteiger partial charge in [-0.1, -0.05) is 19.3 Å². The van der Waals surface area contributed by atoms with Crippen LogP contribution in [-0.4, -0.2) is 15.3 Å². The molecular weight excluding hydrogens is 308 g/mol. The third-order valence-corrected chi connectivity index (χ3v) is 5.00. The highest BCUT2D eigenvalue weighted by Gasteiger charge is 2.28. The van der Waals surface area contributed by atoms with E-state index in [4.69, 9.17) is 4.42 Å². The molecule has 1 heterocycles. The first kappa shape index (κ1) is 14.9. The normalized spacial score (nSPS) is 16.0. The Bertz CT molecular complexity index is 950. The number of hydrogen-bond donors (Lipinski definition) is 3.